The summed E-state index contributed by atoms with van der Waals surface area (Å²) in [5, 5.41) is 3.66. The second-order valence-corrected chi connectivity index (χ2v) is 5.12. The van der Waals surface area contributed by atoms with Gasteiger partial charge in [0.15, 0.2) is 0 Å². The maximum atomic E-state index is 5.25. The standard InChI is InChI=1S/C17H19NO/c1-12-11-14(19-2)8-10-16(12)18-17-9-7-13-5-3-4-6-15(13)17/h3-6,8,10-11,17-18H,7,9H2,1-2H3. The van der Waals surface area contributed by atoms with Gasteiger partial charge in [0.05, 0.1) is 13.2 Å². The molecule has 2 nitrogen and oxygen atoms in total. The van der Waals surface area contributed by atoms with E-state index in [0.29, 0.717) is 6.04 Å². The van der Waals surface area contributed by atoms with Crippen molar-refractivity contribution in [3.05, 3.63) is 59.2 Å². The van der Waals surface area contributed by atoms with Crippen molar-refractivity contribution in [1.29, 1.82) is 0 Å². The molecule has 0 aliphatic heterocycles. The van der Waals surface area contributed by atoms with E-state index in [9.17, 15) is 0 Å². The first kappa shape index (κ1) is 12.1. The van der Waals surface area contributed by atoms with Crippen LogP contribution in [0.1, 0.15) is 29.2 Å². The number of benzene rings is 2. The molecule has 0 heterocycles. The van der Waals surface area contributed by atoms with E-state index in [1.807, 2.05) is 6.07 Å². The zero-order chi connectivity index (χ0) is 13.2. The molecule has 1 unspecified atom stereocenters. The summed E-state index contributed by atoms with van der Waals surface area (Å²) in [5.41, 5.74) is 5.34. The van der Waals surface area contributed by atoms with Gasteiger partial charge in [0.2, 0.25) is 0 Å². The van der Waals surface area contributed by atoms with E-state index in [1.165, 1.54) is 35.2 Å². The first-order valence-electron chi connectivity index (χ1n) is 6.77. The van der Waals surface area contributed by atoms with E-state index >= 15 is 0 Å². The maximum absolute atomic E-state index is 5.25. The molecular formula is C17H19NO. The van der Waals surface area contributed by atoms with Gasteiger partial charge in [0, 0.05) is 5.69 Å². The third kappa shape index (κ3) is 2.30. The van der Waals surface area contributed by atoms with Crippen molar-refractivity contribution in [3.8, 4) is 5.75 Å². The lowest BCUT2D eigenvalue weighted by molar-refractivity contribution is 0.414. The number of hydrogen-bond donors (Lipinski definition) is 1. The summed E-state index contributed by atoms with van der Waals surface area (Å²) < 4.78 is 5.25. The Morgan fingerprint density at radius 2 is 2.00 bits per heavy atom. The van der Waals surface area contributed by atoms with E-state index in [2.05, 4.69) is 48.6 Å². The Labute approximate surface area is 114 Å². The number of nitrogens with one attached hydrogen (secondary N) is 1. The highest BCUT2D eigenvalue weighted by molar-refractivity contribution is 5.56. The molecule has 1 N–H and O–H groups in total. The van der Waals surface area contributed by atoms with Crippen LogP contribution in [0.2, 0.25) is 0 Å². The van der Waals surface area contributed by atoms with Crippen molar-refractivity contribution >= 4 is 5.69 Å². The van der Waals surface area contributed by atoms with Crippen LogP contribution >= 0.6 is 0 Å². The summed E-state index contributed by atoms with van der Waals surface area (Å²) >= 11 is 0. The fourth-order valence-corrected chi connectivity index (χ4v) is 2.82. The largest absolute Gasteiger partial charge is 0.497 e. The van der Waals surface area contributed by atoms with Crippen molar-refractivity contribution in [2.24, 2.45) is 0 Å². The number of hydrogen-bond acceptors (Lipinski definition) is 2. The third-order valence-electron chi connectivity index (χ3n) is 3.90. The quantitative estimate of drug-likeness (QED) is 0.889. The molecule has 0 fully saturated rings. The van der Waals surface area contributed by atoms with Gasteiger partial charge in [0.1, 0.15) is 5.75 Å². The van der Waals surface area contributed by atoms with Crippen molar-refractivity contribution in [3.63, 3.8) is 0 Å². The Bertz CT molecular complexity index is 592. The molecule has 2 heteroatoms. The van der Waals surface area contributed by atoms with Crippen molar-refractivity contribution < 1.29 is 4.74 Å². The first-order valence-corrected chi connectivity index (χ1v) is 6.77. The highest BCUT2D eigenvalue weighted by atomic mass is 16.5. The molecule has 0 saturated carbocycles. The molecule has 98 valence electrons. The highest BCUT2D eigenvalue weighted by Crippen LogP contribution is 2.34. The summed E-state index contributed by atoms with van der Waals surface area (Å²) in [4.78, 5) is 0. The van der Waals surface area contributed by atoms with Crippen molar-refractivity contribution in [2.75, 3.05) is 12.4 Å². The van der Waals surface area contributed by atoms with Crippen LogP contribution in [0.5, 0.6) is 5.75 Å². The molecule has 0 spiro atoms. The van der Waals surface area contributed by atoms with Crippen molar-refractivity contribution in [2.45, 2.75) is 25.8 Å². The molecule has 1 aliphatic carbocycles. The Kier molecular flexibility index (Phi) is 3.16. The van der Waals surface area contributed by atoms with Crippen LogP contribution in [0.25, 0.3) is 0 Å². The van der Waals surface area contributed by atoms with Gasteiger partial charge in [0.25, 0.3) is 0 Å². The van der Waals surface area contributed by atoms with Crippen LogP contribution in [-0.2, 0) is 6.42 Å². The first-order chi connectivity index (χ1) is 9.28. The SMILES string of the molecule is COc1ccc(NC2CCc3ccccc32)c(C)c1. The lowest BCUT2D eigenvalue weighted by atomic mass is 10.1. The van der Waals surface area contributed by atoms with E-state index in [0.717, 1.165) is 5.75 Å². The Morgan fingerprint density at radius 3 is 2.79 bits per heavy atom. The van der Waals surface area contributed by atoms with E-state index < -0.39 is 0 Å². The normalized spacial score (nSPS) is 17.1. The predicted octanol–water partition coefficient (Wildman–Crippen LogP) is 4.10. The predicted molar refractivity (Wildman–Crippen MR) is 78.9 cm³/mol. The molecule has 19 heavy (non-hydrogen) atoms. The molecule has 0 aromatic heterocycles. The summed E-state index contributed by atoms with van der Waals surface area (Å²) in [6, 6.07) is 15.3. The fourth-order valence-electron chi connectivity index (χ4n) is 2.82. The van der Waals surface area contributed by atoms with Gasteiger partial charge in [-0.1, -0.05) is 24.3 Å². The summed E-state index contributed by atoms with van der Waals surface area (Å²) in [7, 11) is 1.70. The highest BCUT2D eigenvalue weighted by Gasteiger charge is 2.21. The summed E-state index contributed by atoms with van der Waals surface area (Å²) in [6.07, 6.45) is 2.34. The molecule has 0 bridgehead atoms. The average molecular weight is 253 g/mol. The second kappa shape index (κ2) is 4.96. The van der Waals surface area contributed by atoms with Crippen LogP contribution in [0.4, 0.5) is 5.69 Å². The number of anilines is 1. The number of fused-ring (bicyclic) bond motifs is 1. The molecule has 0 radical (unpaired) electrons. The smallest absolute Gasteiger partial charge is 0.119 e. The van der Waals surface area contributed by atoms with E-state index in [4.69, 9.17) is 4.74 Å². The van der Waals surface area contributed by atoms with Crippen LogP contribution in [0.15, 0.2) is 42.5 Å². The van der Waals surface area contributed by atoms with Gasteiger partial charge in [-0.15, -0.1) is 0 Å². The van der Waals surface area contributed by atoms with Gasteiger partial charge < -0.3 is 10.1 Å². The number of ether oxygens (including phenoxy) is 1. The van der Waals surface area contributed by atoms with E-state index in [-0.39, 0.29) is 0 Å². The average Bonchev–Trinajstić information content (AvgIpc) is 2.84. The summed E-state index contributed by atoms with van der Waals surface area (Å²) in [5.74, 6) is 0.912. The zero-order valence-electron chi connectivity index (χ0n) is 11.4. The number of aryl methyl sites for hydroxylation is 2. The third-order valence-corrected chi connectivity index (χ3v) is 3.90. The van der Waals surface area contributed by atoms with Gasteiger partial charge in [-0.2, -0.15) is 0 Å². The van der Waals surface area contributed by atoms with Crippen molar-refractivity contribution in [1.82, 2.24) is 0 Å². The molecule has 2 aromatic carbocycles. The molecule has 0 amide bonds. The van der Waals surface area contributed by atoms with Gasteiger partial charge in [-0.25, -0.2) is 0 Å². The second-order valence-electron chi connectivity index (χ2n) is 5.12. The molecule has 1 aliphatic rings. The molecule has 0 saturated heterocycles. The zero-order valence-corrected chi connectivity index (χ0v) is 11.4. The van der Waals surface area contributed by atoms with Gasteiger partial charge in [-0.05, 0) is 54.7 Å². The van der Waals surface area contributed by atoms with Crippen LogP contribution in [0, 0.1) is 6.92 Å². The molecule has 3 rings (SSSR count). The Balaban J connectivity index is 1.83. The number of methoxy groups -OCH3 is 1. The molecular weight excluding hydrogens is 234 g/mol. The fraction of sp³-hybridized carbons (Fsp3) is 0.294. The minimum absolute atomic E-state index is 0.434. The lowest BCUT2D eigenvalue weighted by Crippen LogP contribution is -2.08. The summed E-state index contributed by atoms with van der Waals surface area (Å²) in [6.45, 7) is 2.12. The van der Waals surface area contributed by atoms with Crippen LogP contribution in [-0.4, -0.2) is 7.11 Å². The topological polar surface area (TPSA) is 21.3 Å². The van der Waals surface area contributed by atoms with Crippen LogP contribution < -0.4 is 10.1 Å². The minimum Gasteiger partial charge on any atom is -0.497 e. The molecule has 1 atom stereocenters. The Hall–Kier alpha value is -1.96. The lowest BCUT2D eigenvalue weighted by Gasteiger charge is -2.18. The van der Waals surface area contributed by atoms with Crippen LogP contribution in [0.3, 0.4) is 0 Å². The van der Waals surface area contributed by atoms with Gasteiger partial charge in [-0.3, -0.25) is 0 Å². The Morgan fingerprint density at radius 1 is 1.16 bits per heavy atom. The minimum atomic E-state index is 0.434. The van der Waals surface area contributed by atoms with Gasteiger partial charge >= 0.3 is 0 Å². The molecule has 2 aromatic rings. The monoisotopic (exact) mass is 253 g/mol. The maximum Gasteiger partial charge on any atom is 0.119 e. The van der Waals surface area contributed by atoms with E-state index in [1.54, 1.807) is 7.11 Å². The number of rotatable bonds is 3.